The predicted molar refractivity (Wildman–Crippen MR) is 30.4 cm³/mol. The van der Waals surface area contributed by atoms with Crippen LogP contribution in [-0.2, 0) is 16.6 Å². The van der Waals surface area contributed by atoms with Gasteiger partial charge in [-0.3, -0.25) is 0 Å². The van der Waals surface area contributed by atoms with Crippen LogP contribution in [0.3, 0.4) is 0 Å². The maximum absolute atomic E-state index is 12.0. The maximum Gasteiger partial charge on any atom is 0.436 e. The van der Waals surface area contributed by atoms with E-state index in [0.717, 1.165) is 0 Å². The molecule has 0 unspecified atom stereocenters. The highest BCUT2D eigenvalue weighted by atomic mass is 32.3. The largest absolute Gasteiger partial charge is 0.436 e. The molecule has 1 heterocycles. The Labute approximate surface area is 69.3 Å². The molecular weight excluding hydrogens is 218 g/mol. The Kier molecular flexibility index (Phi) is 2.02. The average molecular weight is 219 g/mol. The molecular formula is C3HF4N3O2S. The lowest BCUT2D eigenvalue weighted by Gasteiger charge is -1.97. The van der Waals surface area contributed by atoms with E-state index in [1.807, 2.05) is 0 Å². The van der Waals surface area contributed by atoms with Gasteiger partial charge in [-0.1, -0.05) is 3.89 Å². The number of rotatable bonds is 1. The highest BCUT2D eigenvalue weighted by Crippen LogP contribution is 2.26. The van der Waals surface area contributed by atoms with Crippen LogP contribution in [-0.4, -0.2) is 22.8 Å². The second-order valence-corrected chi connectivity index (χ2v) is 3.11. The van der Waals surface area contributed by atoms with Gasteiger partial charge in [0, 0.05) is 0 Å². The van der Waals surface area contributed by atoms with Crippen LogP contribution in [0.2, 0.25) is 0 Å². The fourth-order valence-corrected chi connectivity index (χ4v) is 0.834. The Hall–Kier alpha value is -1.19. The summed E-state index contributed by atoms with van der Waals surface area (Å²) in [5.74, 6) is 0. The molecule has 1 aromatic heterocycles. The van der Waals surface area contributed by atoms with Crippen LogP contribution < -0.4 is 0 Å². The van der Waals surface area contributed by atoms with Crippen molar-refractivity contribution < 1.29 is 25.5 Å². The van der Waals surface area contributed by atoms with Crippen molar-refractivity contribution in [2.24, 2.45) is 0 Å². The normalized spacial score (nSPS) is 13.2. The first-order valence-electron chi connectivity index (χ1n) is 2.66. The molecule has 0 aromatic carbocycles. The van der Waals surface area contributed by atoms with Crippen molar-refractivity contribution in [3.05, 3.63) is 11.9 Å². The van der Waals surface area contributed by atoms with Crippen molar-refractivity contribution in [3.8, 4) is 0 Å². The first-order valence-corrected chi connectivity index (χ1v) is 4.00. The van der Waals surface area contributed by atoms with E-state index >= 15 is 0 Å². The number of hydrogen-bond acceptors (Lipinski definition) is 4. The summed E-state index contributed by atoms with van der Waals surface area (Å²) in [6.45, 7) is 0. The fourth-order valence-electron chi connectivity index (χ4n) is 0.485. The van der Waals surface area contributed by atoms with Gasteiger partial charge in [-0.05, 0) is 5.21 Å². The van der Waals surface area contributed by atoms with Crippen molar-refractivity contribution in [1.82, 2.24) is 14.4 Å². The summed E-state index contributed by atoms with van der Waals surface area (Å²) in [4.78, 5) is 0. The van der Waals surface area contributed by atoms with Crippen molar-refractivity contribution in [3.63, 3.8) is 0 Å². The Balaban J connectivity index is 3.16. The number of halogens is 4. The van der Waals surface area contributed by atoms with Crippen LogP contribution in [0.1, 0.15) is 5.69 Å². The van der Waals surface area contributed by atoms with E-state index in [9.17, 15) is 25.5 Å². The van der Waals surface area contributed by atoms with E-state index in [1.54, 1.807) is 0 Å². The fraction of sp³-hybridized carbons (Fsp3) is 0.333. The zero-order valence-electron chi connectivity index (χ0n) is 5.66. The molecule has 0 bridgehead atoms. The van der Waals surface area contributed by atoms with Crippen LogP contribution in [0.15, 0.2) is 6.20 Å². The van der Waals surface area contributed by atoms with Gasteiger partial charge in [0.25, 0.3) is 0 Å². The molecule has 0 N–H and O–H groups in total. The van der Waals surface area contributed by atoms with Crippen LogP contribution in [0.5, 0.6) is 0 Å². The molecule has 1 rings (SSSR count). The minimum absolute atomic E-state index is 0.0602. The third-order valence-electron chi connectivity index (χ3n) is 0.987. The Morgan fingerprint density at radius 2 is 1.92 bits per heavy atom. The van der Waals surface area contributed by atoms with Crippen LogP contribution in [0, 0.1) is 0 Å². The number of aromatic nitrogens is 3. The average Bonchev–Trinajstić information content (AvgIpc) is 2.28. The van der Waals surface area contributed by atoms with Gasteiger partial charge >= 0.3 is 16.6 Å². The number of alkyl halides is 3. The van der Waals surface area contributed by atoms with E-state index in [0.29, 0.717) is 0 Å². The molecule has 0 amide bonds. The number of nitrogens with zero attached hydrogens (tertiary/aromatic N) is 3. The SMILES string of the molecule is O=S(=O)(F)n1cc(C(F)(F)F)nn1. The van der Waals surface area contributed by atoms with Gasteiger partial charge < -0.3 is 0 Å². The summed E-state index contributed by atoms with van der Waals surface area (Å²) in [7, 11) is -5.30. The molecule has 0 saturated carbocycles. The monoisotopic (exact) mass is 219 g/mol. The Morgan fingerprint density at radius 3 is 2.15 bits per heavy atom. The first kappa shape index (κ1) is 9.89. The molecule has 0 spiro atoms. The number of hydrogen-bond donors (Lipinski definition) is 0. The smallest absolute Gasteiger partial charge is 0.169 e. The molecule has 10 heteroatoms. The van der Waals surface area contributed by atoms with Gasteiger partial charge in [0.2, 0.25) is 0 Å². The van der Waals surface area contributed by atoms with E-state index in [1.165, 1.54) is 0 Å². The molecule has 0 atom stereocenters. The minimum Gasteiger partial charge on any atom is -0.169 e. The second-order valence-electron chi connectivity index (χ2n) is 1.92. The molecule has 74 valence electrons. The van der Waals surface area contributed by atoms with E-state index in [-0.39, 0.29) is 6.20 Å². The van der Waals surface area contributed by atoms with Gasteiger partial charge in [-0.2, -0.15) is 21.6 Å². The third kappa shape index (κ3) is 2.14. The molecule has 1 aromatic rings. The van der Waals surface area contributed by atoms with Gasteiger partial charge in [-0.25, -0.2) is 0 Å². The van der Waals surface area contributed by atoms with Crippen molar-refractivity contribution >= 4 is 10.4 Å². The molecule has 0 radical (unpaired) electrons. The van der Waals surface area contributed by atoms with Gasteiger partial charge in [0.15, 0.2) is 5.69 Å². The lowest BCUT2D eigenvalue weighted by atomic mass is 10.5. The summed E-state index contributed by atoms with van der Waals surface area (Å²) in [6, 6.07) is 0. The highest BCUT2D eigenvalue weighted by molar-refractivity contribution is 7.84. The standard InChI is InChI=1S/C3HF4N3O2S/c4-3(5,6)2-1-10(9-8-2)13(7,11)12/h1H. The van der Waals surface area contributed by atoms with Crippen LogP contribution >= 0.6 is 0 Å². The van der Waals surface area contributed by atoms with Crippen molar-refractivity contribution in [2.45, 2.75) is 6.18 Å². The van der Waals surface area contributed by atoms with Crippen LogP contribution in [0.25, 0.3) is 0 Å². The van der Waals surface area contributed by atoms with Gasteiger partial charge in [0.05, 0.1) is 6.20 Å². The van der Waals surface area contributed by atoms with E-state index in [4.69, 9.17) is 0 Å². The zero-order valence-corrected chi connectivity index (χ0v) is 6.47. The van der Waals surface area contributed by atoms with E-state index in [2.05, 4.69) is 10.3 Å². The predicted octanol–water partition coefficient (Wildman–Crippen LogP) is 0.359. The lowest BCUT2D eigenvalue weighted by Crippen LogP contribution is -2.07. The third-order valence-corrected chi connectivity index (χ3v) is 1.61. The first-order chi connectivity index (χ1) is 5.71. The maximum atomic E-state index is 12.0. The van der Waals surface area contributed by atoms with Crippen LogP contribution in [0.4, 0.5) is 17.1 Å². The quantitative estimate of drug-likeness (QED) is 0.505. The Morgan fingerprint density at radius 1 is 1.38 bits per heavy atom. The topological polar surface area (TPSA) is 64.8 Å². The molecule has 0 aliphatic carbocycles. The molecule has 0 saturated heterocycles. The van der Waals surface area contributed by atoms with E-state index < -0.39 is 26.4 Å². The lowest BCUT2D eigenvalue weighted by molar-refractivity contribution is -0.141. The molecule has 13 heavy (non-hydrogen) atoms. The summed E-state index contributed by atoms with van der Waals surface area (Å²) in [6.07, 6.45) is -4.90. The molecule has 0 aliphatic rings. The second kappa shape index (κ2) is 2.65. The molecule has 0 fully saturated rings. The summed E-state index contributed by atoms with van der Waals surface area (Å²) in [5, 5.41) is 4.86. The zero-order chi connectivity index (χ0) is 10.3. The highest BCUT2D eigenvalue weighted by Gasteiger charge is 2.35. The Bertz CT molecular complexity index is 407. The summed E-state index contributed by atoms with van der Waals surface area (Å²) < 4.78 is 66.8. The van der Waals surface area contributed by atoms with Gasteiger partial charge in [0.1, 0.15) is 0 Å². The summed E-state index contributed by atoms with van der Waals surface area (Å²) >= 11 is 0. The van der Waals surface area contributed by atoms with Gasteiger partial charge in [-0.15, -0.1) is 9.19 Å². The van der Waals surface area contributed by atoms with Crippen molar-refractivity contribution in [1.29, 1.82) is 0 Å². The van der Waals surface area contributed by atoms with Crippen molar-refractivity contribution in [2.75, 3.05) is 0 Å². The molecule has 0 aliphatic heterocycles. The summed E-state index contributed by atoms with van der Waals surface area (Å²) in [5.41, 5.74) is -1.58. The molecule has 5 nitrogen and oxygen atoms in total. The minimum atomic E-state index is -5.30.